The lowest BCUT2D eigenvalue weighted by molar-refractivity contribution is 0.404. The summed E-state index contributed by atoms with van der Waals surface area (Å²) in [7, 11) is 3.28. The summed E-state index contributed by atoms with van der Waals surface area (Å²) in [5.41, 5.74) is 5.62. The Morgan fingerprint density at radius 1 is 0.667 bits per heavy atom. The van der Waals surface area contributed by atoms with Gasteiger partial charge >= 0.3 is 0 Å². The van der Waals surface area contributed by atoms with Gasteiger partial charge in [-0.1, -0.05) is 0 Å². The Balaban J connectivity index is 0.000000240. The first kappa shape index (κ1) is 19.7. The van der Waals surface area contributed by atoms with Crippen LogP contribution in [0.3, 0.4) is 0 Å². The van der Waals surface area contributed by atoms with E-state index in [0.717, 1.165) is 44.9 Å². The molecular formula is C20H28O4. The molecule has 0 fully saturated rings. The first-order valence-electron chi connectivity index (χ1n) is 7.83. The summed E-state index contributed by atoms with van der Waals surface area (Å²) in [5.74, 6) is 2.41. The van der Waals surface area contributed by atoms with E-state index in [9.17, 15) is 10.2 Å². The largest absolute Gasteiger partial charge is 0.508 e. The predicted molar refractivity (Wildman–Crippen MR) is 97.7 cm³/mol. The van der Waals surface area contributed by atoms with Gasteiger partial charge in [0.05, 0.1) is 14.2 Å². The molecule has 2 rings (SSSR count). The van der Waals surface area contributed by atoms with Gasteiger partial charge in [-0.05, 0) is 87.1 Å². The monoisotopic (exact) mass is 332 g/mol. The van der Waals surface area contributed by atoms with E-state index >= 15 is 0 Å². The minimum atomic E-state index is 0.339. The van der Waals surface area contributed by atoms with Crippen LogP contribution in [-0.4, -0.2) is 24.4 Å². The number of aromatic hydroxyl groups is 2. The second-order valence-electron chi connectivity index (χ2n) is 5.99. The van der Waals surface area contributed by atoms with Crippen LogP contribution in [0.2, 0.25) is 0 Å². The number of hydrogen-bond donors (Lipinski definition) is 2. The molecule has 0 aliphatic carbocycles. The van der Waals surface area contributed by atoms with Crippen molar-refractivity contribution in [2.24, 2.45) is 0 Å². The van der Waals surface area contributed by atoms with Gasteiger partial charge in [-0.15, -0.1) is 0 Å². The molecule has 2 aromatic carbocycles. The van der Waals surface area contributed by atoms with Gasteiger partial charge in [0.2, 0.25) is 0 Å². The molecule has 132 valence electrons. The first-order valence-corrected chi connectivity index (χ1v) is 7.83. The topological polar surface area (TPSA) is 58.9 Å². The van der Waals surface area contributed by atoms with E-state index in [-0.39, 0.29) is 0 Å². The fourth-order valence-electron chi connectivity index (χ4n) is 2.59. The minimum Gasteiger partial charge on any atom is -0.508 e. The fraction of sp³-hybridized carbons (Fsp3) is 0.400. The van der Waals surface area contributed by atoms with Gasteiger partial charge in [0.25, 0.3) is 0 Å². The summed E-state index contributed by atoms with van der Waals surface area (Å²) >= 11 is 0. The normalized spacial score (nSPS) is 10.0. The van der Waals surface area contributed by atoms with Crippen molar-refractivity contribution in [3.8, 4) is 23.0 Å². The molecule has 0 spiro atoms. The Hall–Kier alpha value is -2.36. The van der Waals surface area contributed by atoms with Gasteiger partial charge in [0.15, 0.2) is 0 Å². The van der Waals surface area contributed by atoms with Crippen LogP contribution >= 0.6 is 0 Å². The minimum absolute atomic E-state index is 0.339. The molecule has 0 radical (unpaired) electrons. The highest BCUT2D eigenvalue weighted by atomic mass is 16.5. The molecule has 0 bridgehead atoms. The highest BCUT2D eigenvalue weighted by molar-refractivity contribution is 5.52. The molecule has 0 aromatic heterocycles. The number of phenolic OH excluding ortho intramolecular Hbond substituents is 2. The number of phenols is 2. The van der Waals surface area contributed by atoms with Crippen LogP contribution in [-0.2, 0) is 0 Å². The second-order valence-corrected chi connectivity index (χ2v) is 5.99. The third kappa shape index (κ3) is 3.94. The smallest absolute Gasteiger partial charge is 0.125 e. The van der Waals surface area contributed by atoms with Gasteiger partial charge in [-0.25, -0.2) is 0 Å². The molecule has 0 aliphatic heterocycles. The van der Waals surface area contributed by atoms with Crippen LogP contribution in [0, 0.1) is 41.5 Å². The number of benzene rings is 2. The molecule has 4 nitrogen and oxygen atoms in total. The predicted octanol–water partition coefficient (Wildman–Crippen LogP) is 4.65. The zero-order chi connectivity index (χ0) is 18.6. The standard InChI is InChI=1S/2C10H14O2/c1-6-5-9(12-4)7(2)8(3)10(6)11;1-6-5-9(11)7(2)8(3)10(6)12-4/h2*5,11H,1-4H3. The Bertz CT molecular complexity index is 733. The van der Waals surface area contributed by atoms with Crippen molar-refractivity contribution in [2.45, 2.75) is 41.5 Å². The summed E-state index contributed by atoms with van der Waals surface area (Å²) < 4.78 is 10.4. The molecule has 24 heavy (non-hydrogen) atoms. The maximum Gasteiger partial charge on any atom is 0.125 e. The van der Waals surface area contributed by atoms with E-state index in [4.69, 9.17) is 9.47 Å². The Kier molecular flexibility index (Phi) is 6.52. The maximum absolute atomic E-state index is 9.55. The number of ether oxygens (including phenoxy) is 2. The van der Waals surface area contributed by atoms with Gasteiger partial charge in [0.1, 0.15) is 23.0 Å². The number of aryl methyl sites for hydroxylation is 2. The lowest BCUT2D eigenvalue weighted by Crippen LogP contribution is -1.93. The van der Waals surface area contributed by atoms with Gasteiger partial charge in [-0.3, -0.25) is 0 Å². The van der Waals surface area contributed by atoms with Gasteiger partial charge in [0, 0.05) is 0 Å². The van der Waals surface area contributed by atoms with Crippen molar-refractivity contribution < 1.29 is 19.7 Å². The molecule has 0 unspecified atom stereocenters. The summed E-state index contributed by atoms with van der Waals surface area (Å²) in [4.78, 5) is 0. The van der Waals surface area contributed by atoms with E-state index in [1.165, 1.54) is 0 Å². The van der Waals surface area contributed by atoms with Gasteiger partial charge < -0.3 is 19.7 Å². The zero-order valence-electron chi connectivity index (χ0n) is 15.9. The average molecular weight is 332 g/mol. The van der Waals surface area contributed by atoms with Crippen LogP contribution in [0.15, 0.2) is 12.1 Å². The molecule has 0 saturated heterocycles. The molecule has 2 N–H and O–H groups in total. The average Bonchev–Trinajstić information content (AvgIpc) is 2.55. The molecule has 0 heterocycles. The molecule has 2 aromatic rings. The SMILES string of the molecule is COc1c(C)cc(O)c(C)c1C.COc1cc(C)c(O)c(C)c1C. The summed E-state index contributed by atoms with van der Waals surface area (Å²) in [6, 6.07) is 3.57. The Morgan fingerprint density at radius 3 is 1.75 bits per heavy atom. The molecule has 4 heteroatoms. The van der Waals surface area contributed by atoms with Crippen molar-refractivity contribution >= 4 is 0 Å². The van der Waals surface area contributed by atoms with Crippen LogP contribution in [0.25, 0.3) is 0 Å². The molecular weight excluding hydrogens is 304 g/mol. The fourth-order valence-corrected chi connectivity index (χ4v) is 2.59. The van der Waals surface area contributed by atoms with E-state index in [1.807, 2.05) is 47.6 Å². The summed E-state index contributed by atoms with van der Waals surface area (Å²) in [6.07, 6.45) is 0. The number of hydrogen-bond acceptors (Lipinski definition) is 4. The molecule has 0 atom stereocenters. The molecule has 0 saturated carbocycles. The van der Waals surface area contributed by atoms with Crippen molar-refractivity contribution in [2.75, 3.05) is 14.2 Å². The number of rotatable bonds is 2. The molecule has 0 aliphatic rings. The number of methoxy groups -OCH3 is 2. The first-order chi connectivity index (χ1) is 11.1. The van der Waals surface area contributed by atoms with Crippen molar-refractivity contribution in [1.82, 2.24) is 0 Å². The molecule has 0 amide bonds. The lowest BCUT2D eigenvalue weighted by atomic mass is 10.0. The van der Waals surface area contributed by atoms with E-state index in [0.29, 0.717) is 11.5 Å². The highest BCUT2D eigenvalue weighted by Gasteiger charge is 2.09. The van der Waals surface area contributed by atoms with Crippen LogP contribution < -0.4 is 9.47 Å². The Morgan fingerprint density at radius 2 is 1.25 bits per heavy atom. The highest BCUT2D eigenvalue weighted by Crippen LogP contribution is 2.32. The van der Waals surface area contributed by atoms with Crippen molar-refractivity contribution in [3.63, 3.8) is 0 Å². The van der Waals surface area contributed by atoms with E-state index < -0.39 is 0 Å². The third-order valence-electron chi connectivity index (χ3n) is 4.43. The second kappa shape index (κ2) is 7.95. The quantitative estimate of drug-likeness (QED) is 0.840. The van der Waals surface area contributed by atoms with Gasteiger partial charge in [-0.2, -0.15) is 0 Å². The van der Waals surface area contributed by atoms with Crippen molar-refractivity contribution in [1.29, 1.82) is 0 Å². The lowest BCUT2D eigenvalue weighted by Gasteiger charge is -2.11. The van der Waals surface area contributed by atoms with Crippen LogP contribution in [0.4, 0.5) is 0 Å². The summed E-state index contributed by atoms with van der Waals surface area (Å²) in [6.45, 7) is 11.4. The van der Waals surface area contributed by atoms with Crippen LogP contribution in [0.5, 0.6) is 23.0 Å². The Labute approximate surface area is 144 Å². The van der Waals surface area contributed by atoms with E-state index in [2.05, 4.69) is 0 Å². The van der Waals surface area contributed by atoms with Crippen LogP contribution in [0.1, 0.15) is 33.4 Å². The summed E-state index contributed by atoms with van der Waals surface area (Å²) in [5, 5.41) is 19.0. The third-order valence-corrected chi connectivity index (χ3v) is 4.43. The zero-order valence-corrected chi connectivity index (χ0v) is 15.9. The maximum atomic E-state index is 9.55. The van der Waals surface area contributed by atoms with Crippen molar-refractivity contribution in [3.05, 3.63) is 45.5 Å². The van der Waals surface area contributed by atoms with E-state index in [1.54, 1.807) is 20.3 Å².